The molecule has 0 heterocycles. The van der Waals surface area contributed by atoms with Crippen molar-refractivity contribution in [1.82, 2.24) is 0 Å². The summed E-state index contributed by atoms with van der Waals surface area (Å²) in [6.45, 7) is 2.87. The van der Waals surface area contributed by atoms with Crippen molar-refractivity contribution in [2.45, 2.75) is 26.2 Å². The average Bonchev–Trinajstić information content (AvgIpc) is 3.50. The Hall–Kier alpha value is -2.29. The maximum atomic E-state index is 13.1. The van der Waals surface area contributed by atoms with Crippen molar-refractivity contribution in [1.29, 1.82) is 0 Å². The molecule has 3 fully saturated rings. The first-order valence-corrected chi connectivity index (χ1v) is 11.1. The van der Waals surface area contributed by atoms with E-state index in [1.54, 1.807) is 0 Å². The molecular weight excluding hydrogens is 360 g/mol. The molecule has 2 aromatic rings. The minimum atomic E-state index is -0.302. The van der Waals surface area contributed by atoms with Gasteiger partial charge in [-0.2, -0.15) is 0 Å². The van der Waals surface area contributed by atoms with Crippen LogP contribution in [0.3, 0.4) is 0 Å². The van der Waals surface area contributed by atoms with Gasteiger partial charge in [-0.05, 0) is 73.1 Å². The van der Waals surface area contributed by atoms with Crippen molar-refractivity contribution < 1.29 is 14.3 Å². The second-order valence-corrected chi connectivity index (χ2v) is 9.79. The molecule has 0 aliphatic heterocycles. The third-order valence-corrected chi connectivity index (χ3v) is 8.44. The molecule has 3 saturated carbocycles. The molecule has 0 amide bonds. The highest BCUT2D eigenvalue weighted by Gasteiger charge is 2.66. The van der Waals surface area contributed by atoms with Gasteiger partial charge in [-0.3, -0.25) is 4.79 Å². The largest absolute Gasteiger partial charge is 0.489 e. The molecule has 0 aromatic heterocycles. The molecule has 29 heavy (non-hydrogen) atoms. The number of carbonyl (C=O) groups excluding carboxylic acids is 1. The summed E-state index contributed by atoms with van der Waals surface area (Å²) in [7, 11) is 0. The topological polar surface area (TPSA) is 35.5 Å². The molecule has 0 N–H and O–H groups in total. The fraction of sp³-hybridized carbons (Fsp3) is 0.500. The lowest BCUT2D eigenvalue weighted by atomic mass is 9.63. The van der Waals surface area contributed by atoms with Crippen molar-refractivity contribution in [3.05, 3.63) is 54.6 Å². The molecule has 3 heteroatoms. The molecular formula is C26H28O3. The summed E-state index contributed by atoms with van der Waals surface area (Å²) in [4.78, 5) is 13.1. The normalized spacial score (nSPS) is 38.5. The maximum absolute atomic E-state index is 13.1. The van der Waals surface area contributed by atoms with Crippen molar-refractivity contribution in [3.8, 4) is 5.75 Å². The highest BCUT2D eigenvalue weighted by atomic mass is 16.6. The van der Waals surface area contributed by atoms with Gasteiger partial charge in [0.2, 0.25) is 0 Å². The Morgan fingerprint density at radius 2 is 1.79 bits per heavy atom. The third kappa shape index (κ3) is 2.52. The minimum Gasteiger partial charge on any atom is -0.489 e. The summed E-state index contributed by atoms with van der Waals surface area (Å²) in [5, 5.41) is 2.25. The zero-order valence-electron chi connectivity index (χ0n) is 16.9. The molecule has 0 saturated heterocycles. The van der Waals surface area contributed by atoms with Crippen LogP contribution in [0.25, 0.3) is 10.8 Å². The van der Waals surface area contributed by atoms with E-state index in [2.05, 4.69) is 37.3 Å². The van der Waals surface area contributed by atoms with Crippen LogP contribution in [0.2, 0.25) is 0 Å². The van der Waals surface area contributed by atoms with Gasteiger partial charge >= 0.3 is 5.97 Å². The molecule has 4 aliphatic rings. The Kier molecular flexibility index (Phi) is 3.85. The standard InChI is InChI=1S/C26H28O3/c1-26(15-19-14-21(26)24-18-10-9-17(13-18)23(19)24)25(27)29-12-11-28-22-8-4-6-16-5-2-3-7-20(16)22/h2-10,17-19,21,23-24H,11-15H2,1H3. The van der Waals surface area contributed by atoms with E-state index in [0.717, 1.165) is 40.7 Å². The van der Waals surface area contributed by atoms with Crippen LogP contribution in [0.15, 0.2) is 54.6 Å². The van der Waals surface area contributed by atoms with E-state index in [1.807, 2.05) is 24.3 Å². The Morgan fingerprint density at radius 1 is 1.00 bits per heavy atom. The zero-order chi connectivity index (χ0) is 19.6. The van der Waals surface area contributed by atoms with Crippen LogP contribution in [-0.4, -0.2) is 19.2 Å². The van der Waals surface area contributed by atoms with Gasteiger partial charge in [0.25, 0.3) is 0 Å². The van der Waals surface area contributed by atoms with Gasteiger partial charge in [0.15, 0.2) is 0 Å². The fourth-order valence-electron chi connectivity index (χ4n) is 7.38. The van der Waals surface area contributed by atoms with Crippen LogP contribution in [0.1, 0.15) is 26.2 Å². The van der Waals surface area contributed by atoms with Crippen LogP contribution in [0.4, 0.5) is 0 Å². The maximum Gasteiger partial charge on any atom is 0.312 e. The predicted octanol–water partition coefficient (Wildman–Crippen LogP) is 5.25. The second kappa shape index (κ2) is 6.35. The van der Waals surface area contributed by atoms with Gasteiger partial charge in [0.05, 0.1) is 5.41 Å². The quantitative estimate of drug-likeness (QED) is 0.304. The van der Waals surface area contributed by atoms with Gasteiger partial charge in [-0.25, -0.2) is 0 Å². The summed E-state index contributed by atoms with van der Waals surface area (Å²) in [5.41, 5.74) is -0.302. The summed E-state index contributed by atoms with van der Waals surface area (Å²) in [5.74, 6) is 5.12. The average molecular weight is 389 g/mol. The van der Waals surface area contributed by atoms with Crippen LogP contribution in [-0.2, 0) is 9.53 Å². The van der Waals surface area contributed by atoms with Gasteiger partial charge in [-0.15, -0.1) is 0 Å². The highest BCUT2D eigenvalue weighted by molar-refractivity contribution is 5.88. The Labute approximate surface area is 172 Å². The number of ether oxygens (including phenoxy) is 2. The number of rotatable bonds is 5. The first kappa shape index (κ1) is 17.6. The number of benzene rings is 2. The van der Waals surface area contributed by atoms with Crippen molar-refractivity contribution in [3.63, 3.8) is 0 Å². The lowest BCUT2D eigenvalue weighted by molar-refractivity contribution is -0.161. The van der Waals surface area contributed by atoms with E-state index < -0.39 is 0 Å². The Balaban J connectivity index is 1.09. The van der Waals surface area contributed by atoms with Gasteiger partial charge < -0.3 is 9.47 Å². The van der Waals surface area contributed by atoms with Crippen LogP contribution in [0.5, 0.6) is 5.75 Å². The SMILES string of the molecule is CC1(C(=O)OCCOc2cccc3ccccc23)CC2CC1C1C3C=CC(C3)C21. The van der Waals surface area contributed by atoms with Crippen molar-refractivity contribution in [2.75, 3.05) is 13.2 Å². The first-order chi connectivity index (χ1) is 14.1. The number of hydrogen-bond acceptors (Lipinski definition) is 3. The van der Waals surface area contributed by atoms with Crippen molar-refractivity contribution >= 4 is 16.7 Å². The zero-order valence-corrected chi connectivity index (χ0v) is 16.9. The predicted molar refractivity (Wildman–Crippen MR) is 112 cm³/mol. The first-order valence-electron chi connectivity index (χ1n) is 11.1. The molecule has 150 valence electrons. The third-order valence-electron chi connectivity index (χ3n) is 8.44. The molecule has 2 aromatic carbocycles. The molecule has 7 unspecified atom stereocenters. The second-order valence-electron chi connectivity index (χ2n) is 9.79. The molecule has 4 bridgehead atoms. The van der Waals surface area contributed by atoms with Gasteiger partial charge in [-0.1, -0.05) is 48.6 Å². The Bertz CT molecular complexity index is 989. The summed E-state index contributed by atoms with van der Waals surface area (Å²) < 4.78 is 11.7. The van der Waals surface area contributed by atoms with Crippen LogP contribution >= 0.6 is 0 Å². The van der Waals surface area contributed by atoms with E-state index in [-0.39, 0.29) is 11.4 Å². The van der Waals surface area contributed by atoms with Crippen LogP contribution in [0, 0.1) is 40.9 Å². The number of allylic oxidation sites excluding steroid dienone is 2. The van der Waals surface area contributed by atoms with Gasteiger partial charge in [0, 0.05) is 5.39 Å². The minimum absolute atomic E-state index is 0.00303. The number of esters is 1. The lowest BCUT2D eigenvalue weighted by Gasteiger charge is -2.41. The molecule has 0 radical (unpaired) electrons. The van der Waals surface area contributed by atoms with E-state index in [4.69, 9.17) is 9.47 Å². The smallest absolute Gasteiger partial charge is 0.312 e. The summed E-state index contributed by atoms with van der Waals surface area (Å²) in [6.07, 6.45) is 8.44. The Morgan fingerprint density at radius 3 is 2.69 bits per heavy atom. The van der Waals surface area contributed by atoms with Crippen LogP contribution < -0.4 is 4.74 Å². The molecule has 7 atom stereocenters. The molecule has 6 rings (SSSR count). The number of carbonyl (C=O) groups is 1. The molecule has 3 nitrogen and oxygen atoms in total. The lowest BCUT2D eigenvalue weighted by Crippen LogP contribution is -2.43. The van der Waals surface area contributed by atoms with E-state index in [0.29, 0.717) is 31.0 Å². The molecule has 4 aliphatic carbocycles. The highest BCUT2D eigenvalue weighted by Crippen LogP contribution is 2.70. The molecule has 0 spiro atoms. The number of fused-ring (bicyclic) bond motifs is 10. The van der Waals surface area contributed by atoms with Crippen molar-refractivity contribution in [2.24, 2.45) is 40.9 Å². The number of hydrogen-bond donors (Lipinski definition) is 0. The summed E-state index contributed by atoms with van der Waals surface area (Å²) in [6, 6.07) is 14.2. The van der Waals surface area contributed by atoms with E-state index in [1.165, 1.54) is 12.8 Å². The van der Waals surface area contributed by atoms with E-state index in [9.17, 15) is 4.79 Å². The van der Waals surface area contributed by atoms with E-state index >= 15 is 0 Å². The van der Waals surface area contributed by atoms with Gasteiger partial charge in [0.1, 0.15) is 19.0 Å². The summed E-state index contributed by atoms with van der Waals surface area (Å²) >= 11 is 0. The fourth-order valence-corrected chi connectivity index (χ4v) is 7.38. The monoisotopic (exact) mass is 388 g/mol.